The Hall–Kier alpha value is -2.22. The van der Waals surface area contributed by atoms with Crippen molar-refractivity contribution < 1.29 is 19.1 Å². The molecule has 3 aliphatic rings. The number of hydrogen-bond donors (Lipinski definition) is 0. The largest absolute Gasteiger partial charge is 0.466 e. The maximum Gasteiger partial charge on any atom is 0.302 e. The van der Waals surface area contributed by atoms with Gasteiger partial charge in [0.1, 0.15) is 6.07 Å². The van der Waals surface area contributed by atoms with Gasteiger partial charge in [-0.3, -0.25) is 14.4 Å². The normalized spacial score (nSPS) is 35.7. The molecule has 0 bridgehead atoms. The molecule has 0 amide bonds. The highest BCUT2D eigenvalue weighted by molar-refractivity contribution is 6.04. The van der Waals surface area contributed by atoms with Crippen LogP contribution < -0.4 is 0 Å². The van der Waals surface area contributed by atoms with E-state index in [1.54, 1.807) is 6.92 Å². The number of ether oxygens (including phenoxy) is 1. The smallest absolute Gasteiger partial charge is 0.302 e. The molecule has 0 radical (unpaired) electrons. The summed E-state index contributed by atoms with van der Waals surface area (Å²) in [5, 5.41) is 9.92. The highest BCUT2D eigenvalue weighted by Crippen LogP contribution is 2.67. The average Bonchev–Trinajstić information content (AvgIpc) is 2.84. The lowest BCUT2D eigenvalue weighted by Gasteiger charge is -2.61. The van der Waals surface area contributed by atoms with Crippen LogP contribution in [0.5, 0.6) is 0 Å². The number of hydrogen-bond acceptors (Lipinski definition) is 5. The van der Waals surface area contributed by atoms with Crippen LogP contribution in [0.2, 0.25) is 0 Å². The van der Waals surface area contributed by atoms with Crippen LogP contribution in [-0.2, 0) is 19.1 Å². The summed E-state index contributed by atoms with van der Waals surface area (Å²) in [7, 11) is 0. The zero-order valence-corrected chi connectivity index (χ0v) is 27.8. The van der Waals surface area contributed by atoms with Gasteiger partial charge in [0, 0.05) is 17.8 Å². The van der Waals surface area contributed by atoms with Gasteiger partial charge in [0.05, 0.1) is 12.2 Å². The van der Waals surface area contributed by atoms with Crippen LogP contribution >= 0.6 is 0 Å². The van der Waals surface area contributed by atoms with E-state index in [0.717, 1.165) is 56.9 Å². The summed E-state index contributed by atoms with van der Waals surface area (Å²) in [6.07, 6.45) is 11.8. The van der Waals surface area contributed by atoms with Crippen molar-refractivity contribution in [3.63, 3.8) is 0 Å². The zero-order chi connectivity index (χ0) is 31.2. The Morgan fingerprint density at radius 3 is 2.24 bits per heavy atom. The second kappa shape index (κ2) is 11.1. The third-order valence-corrected chi connectivity index (χ3v) is 12.3. The number of nitriles is 1. The first-order chi connectivity index (χ1) is 18.7. The molecule has 5 nitrogen and oxygen atoms in total. The van der Waals surface area contributed by atoms with Gasteiger partial charge in [0.2, 0.25) is 0 Å². The molecule has 3 rings (SSSR count). The molecule has 0 N–H and O–H groups in total. The number of carbonyl (C=O) groups excluding carboxylic acids is 3. The van der Waals surface area contributed by atoms with Crippen LogP contribution in [-0.4, -0.2) is 24.1 Å². The van der Waals surface area contributed by atoms with Gasteiger partial charge in [-0.15, -0.1) is 0 Å². The Kier molecular flexibility index (Phi) is 9.03. The minimum atomic E-state index is -0.680. The fourth-order valence-corrected chi connectivity index (χ4v) is 9.20. The molecule has 1 unspecified atom stereocenters. The van der Waals surface area contributed by atoms with Crippen molar-refractivity contribution in [2.24, 2.45) is 44.3 Å². The van der Waals surface area contributed by atoms with Crippen molar-refractivity contribution in [3.05, 3.63) is 23.3 Å². The second-order valence-electron chi connectivity index (χ2n) is 16.2. The molecule has 2 saturated carbocycles. The maximum absolute atomic E-state index is 13.3. The second-order valence-corrected chi connectivity index (χ2v) is 16.2. The summed E-state index contributed by atoms with van der Waals surface area (Å²) >= 11 is 0. The van der Waals surface area contributed by atoms with Crippen LogP contribution in [0.1, 0.15) is 128 Å². The predicted molar refractivity (Wildman–Crippen MR) is 164 cm³/mol. The van der Waals surface area contributed by atoms with E-state index in [4.69, 9.17) is 4.74 Å². The Labute approximate surface area is 249 Å². The summed E-state index contributed by atoms with van der Waals surface area (Å²) in [6, 6.07) is 2.18. The van der Waals surface area contributed by atoms with Crippen molar-refractivity contribution in [1.82, 2.24) is 0 Å². The van der Waals surface area contributed by atoms with Crippen molar-refractivity contribution in [2.45, 2.75) is 128 Å². The first-order valence-electron chi connectivity index (χ1n) is 15.7. The summed E-state index contributed by atoms with van der Waals surface area (Å²) < 4.78 is 5.47. The number of fused-ring (bicyclic) bond motifs is 1. The quantitative estimate of drug-likeness (QED) is 0.217. The van der Waals surface area contributed by atoms with Crippen LogP contribution in [0.4, 0.5) is 0 Å². The lowest BCUT2D eigenvalue weighted by Crippen LogP contribution is -2.56. The van der Waals surface area contributed by atoms with E-state index in [0.29, 0.717) is 17.9 Å². The van der Waals surface area contributed by atoms with E-state index in [-0.39, 0.29) is 45.3 Å². The van der Waals surface area contributed by atoms with E-state index >= 15 is 0 Å². The Morgan fingerprint density at radius 1 is 1.07 bits per heavy atom. The van der Waals surface area contributed by atoms with Gasteiger partial charge in [0.25, 0.3) is 0 Å². The lowest BCUT2D eigenvalue weighted by molar-refractivity contribution is -0.142. The van der Waals surface area contributed by atoms with Gasteiger partial charge in [-0.25, -0.2) is 0 Å². The van der Waals surface area contributed by atoms with E-state index < -0.39 is 10.8 Å². The van der Waals surface area contributed by atoms with Crippen molar-refractivity contribution in [2.75, 3.05) is 6.61 Å². The fraction of sp³-hybridized carbons (Fsp3) is 0.778. The number of allylic oxidation sites excluding steroid dienone is 4. The van der Waals surface area contributed by atoms with E-state index in [1.165, 1.54) is 6.92 Å². The summed E-state index contributed by atoms with van der Waals surface area (Å²) in [5.41, 5.74) is -0.00779. The molecule has 3 aliphatic carbocycles. The maximum atomic E-state index is 13.3. The van der Waals surface area contributed by atoms with Crippen LogP contribution in [0.3, 0.4) is 0 Å². The molecule has 0 aromatic rings. The average molecular weight is 566 g/mol. The predicted octanol–water partition coefficient (Wildman–Crippen LogP) is 8.58. The Balaban J connectivity index is 2.03. The number of Topliss-reactive ketones (excluding diaryl/α,β-unsaturated/α-hetero) is 1. The minimum Gasteiger partial charge on any atom is -0.466 e. The molecule has 2 fully saturated rings. The third-order valence-electron chi connectivity index (χ3n) is 12.3. The molecule has 41 heavy (non-hydrogen) atoms. The number of esters is 1. The molecule has 0 aromatic carbocycles. The van der Waals surface area contributed by atoms with E-state index in [1.807, 2.05) is 26.0 Å². The van der Waals surface area contributed by atoms with Gasteiger partial charge >= 0.3 is 5.97 Å². The molecule has 0 heterocycles. The molecule has 228 valence electrons. The van der Waals surface area contributed by atoms with Gasteiger partial charge in [0.15, 0.2) is 11.6 Å². The Morgan fingerprint density at radius 2 is 1.71 bits per heavy atom. The topological polar surface area (TPSA) is 84.2 Å². The van der Waals surface area contributed by atoms with Crippen LogP contribution in [0.25, 0.3) is 0 Å². The van der Waals surface area contributed by atoms with Gasteiger partial charge in [-0.05, 0) is 97.9 Å². The summed E-state index contributed by atoms with van der Waals surface area (Å²) in [4.78, 5) is 37.7. The highest BCUT2D eigenvalue weighted by Gasteiger charge is 2.61. The SMILES string of the molecule is CC(=O)/C=C1/[C@@]2(C)C=C(C#N)C(=O)C(C)(C)[C@@H]2CC[C@@]1(C)C(C)(C)CC[C@@]1(CCOC(C)=O)CCC(C)(C)CC1C. The molecular weight excluding hydrogens is 510 g/mol. The molecule has 5 atom stereocenters. The van der Waals surface area contributed by atoms with E-state index in [2.05, 4.69) is 54.5 Å². The minimum absolute atomic E-state index is 0.00602. The summed E-state index contributed by atoms with van der Waals surface area (Å²) in [6.45, 7) is 23.7. The lowest BCUT2D eigenvalue weighted by atomic mass is 9.42. The van der Waals surface area contributed by atoms with Crippen molar-refractivity contribution in [1.29, 1.82) is 5.26 Å². The van der Waals surface area contributed by atoms with Crippen LogP contribution in [0, 0.1) is 55.7 Å². The fourth-order valence-electron chi connectivity index (χ4n) is 9.20. The van der Waals surface area contributed by atoms with Crippen molar-refractivity contribution in [3.8, 4) is 6.07 Å². The number of rotatable bonds is 8. The number of carbonyl (C=O) groups is 3. The third kappa shape index (κ3) is 6.00. The number of nitrogens with zero attached hydrogens (tertiary/aromatic N) is 1. The molecule has 0 spiro atoms. The number of ketones is 2. The standard InChI is InChI=1S/C36H55NO4/c1-24-21-31(4,5)14-16-36(24,18-19-41-26(3)39)17-15-32(6,7)35(11)13-12-28-33(8,9)30(40)27(23-37)22-34(28,10)29(35)20-25(2)38/h20,22,24,28H,12-19,21H2,1-11H3/b29-20-/t24?,28-,34-,35+,36+/m0/s1. The first-order valence-corrected chi connectivity index (χ1v) is 15.7. The van der Waals surface area contributed by atoms with Crippen molar-refractivity contribution >= 4 is 17.5 Å². The highest BCUT2D eigenvalue weighted by atomic mass is 16.5. The molecule has 5 heteroatoms. The summed E-state index contributed by atoms with van der Waals surface area (Å²) in [5.74, 6) is 0.226. The van der Waals surface area contributed by atoms with Gasteiger partial charge in [-0.2, -0.15) is 5.26 Å². The Bertz CT molecular complexity index is 1180. The molecule has 0 saturated heterocycles. The first kappa shape index (κ1) is 33.3. The molecular formula is C36H55NO4. The van der Waals surface area contributed by atoms with Gasteiger partial charge < -0.3 is 4.74 Å². The van der Waals surface area contributed by atoms with E-state index in [9.17, 15) is 19.6 Å². The van der Waals surface area contributed by atoms with Gasteiger partial charge in [-0.1, -0.05) is 74.0 Å². The zero-order valence-electron chi connectivity index (χ0n) is 27.8. The molecule has 0 aliphatic heterocycles. The monoisotopic (exact) mass is 565 g/mol. The van der Waals surface area contributed by atoms with Crippen LogP contribution in [0.15, 0.2) is 23.3 Å². The molecule has 0 aromatic heterocycles.